The summed E-state index contributed by atoms with van der Waals surface area (Å²) in [6, 6.07) is 3.34. The topological polar surface area (TPSA) is 139 Å². The number of carbonyl (C=O) groups excluding carboxylic acids is 1. The van der Waals surface area contributed by atoms with Crippen LogP contribution in [0.25, 0.3) is 10.6 Å². The second-order valence-corrected chi connectivity index (χ2v) is 12.0. The number of likely N-dealkylation sites (N-methyl/N-ethyl adjacent to an activating group) is 1. The fourth-order valence-corrected chi connectivity index (χ4v) is 6.35. The second kappa shape index (κ2) is 9.71. The van der Waals surface area contributed by atoms with Crippen molar-refractivity contribution in [2.24, 2.45) is 0 Å². The van der Waals surface area contributed by atoms with Crippen molar-refractivity contribution in [2.75, 3.05) is 31.5 Å². The molecular weight excluding hydrogens is 502 g/mol. The number of pyridine rings is 1. The van der Waals surface area contributed by atoms with Crippen LogP contribution in [0.5, 0.6) is 5.88 Å². The maximum absolute atomic E-state index is 13.3. The standard InChI is InChI=1S/C23H27N7O4S2/c1-3-34-20-13-24-11-17(27-20)18-12-26-22(35-18)21(31)28-23(7-9-30(2)14-23)19-10-15(6-8-25-19)29-36(32,33)16-4-5-16/h6,8,10-13,16H,3-5,7,9,14H2,1-2H3,(H,25,29)(H,28,31). The predicted molar refractivity (Wildman–Crippen MR) is 135 cm³/mol. The highest BCUT2D eigenvalue weighted by Crippen LogP contribution is 2.34. The molecule has 11 nitrogen and oxygen atoms in total. The van der Waals surface area contributed by atoms with Crippen LogP contribution in [0.15, 0.2) is 36.9 Å². The summed E-state index contributed by atoms with van der Waals surface area (Å²) in [4.78, 5) is 33.5. The quantitative estimate of drug-likeness (QED) is 0.427. The summed E-state index contributed by atoms with van der Waals surface area (Å²) >= 11 is 1.21. The van der Waals surface area contributed by atoms with Crippen LogP contribution in [0.1, 0.15) is 41.7 Å². The molecule has 0 bridgehead atoms. The van der Waals surface area contributed by atoms with Gasteiger partial charge in [-0.1, -0.05) is 0 Å². The van der Waals surface area contributed by atoms with Crippen molar-refractivity contribution in [3.05, 3.63) is 47.6 Å². The molecule has 2 N–H and O–H groups in total. The molecule has 190 valence electrons. The molecule has 1 aliphatic carbocycles. The van der Waals surface area contributed by atoms with Crippen LogP contribution in [0.2, 0.25) is 0 Å². The van der Waals surface area contributed by atoms with Gasteiger partial charge >= 0.3 is 0 Å². The number of aromatic nitrogens is 4. The molecule has 1 saturated heterocycles. The van der Waals surface area contributed by atoms with Crippen LogP contribution in [-0.2, 0) is 15.6 Å². The van der Waals surface area contributed by atoms with E-state index in [0.717, 1.165) is 6.54 Å². The van der Waals surface area contributed by atoms with Crippen LogP contribution in [0.3, 0.4) is 0 Å². The molecule has 3 aromatic heterocycles. The van der Waals surface area contributed by atoms with Gasteiger partial charge in [0.2, 0.25) is 15.9 Å². The van der Waals surface area contributed by atoms with Gasteiger partial charge in [0.05, 0.1) is 46.0 Å². The Morgan fingerprint density at radius 2 is 2.11 bits per heavy atom. The van der Waals surface area contributed by atoms with Gasteiger partial charge in [0.25, 0.3) is 5.91 Å². The van der Waals surface area contributed by atoms with Crippen LogP contribution >= 0.6 is 11.3 Å². The maximum atomic E-state index is 13.3. The van der Waals surface area contributed by atoms with Crippen molar-refractivity contribution >= 4 is 33.0 Å². The molecule has 0 aromatic carbocycles. The molecule has 2 fully saturated rings. The first-order valence-electron chi connectivity index (χ1n) is 11.7. The van der Waals surface area contributed by atoms with Crippen molar-refractivity contribution in [1.29, 1.82) is 0 Å². The average molecular weight is 530 g/mol. The lowest BCUT2D eigenvalue weighted by molar-refractivity contribution is 0.0897. The molecule has 36 heavy (non-hydrogen) atoms. The number of anilines is 1. The predicted octanol–water partition coefficient (Wildman–Crippen LogP) is 2.26. The molecule has 3 aromatic rings. The van der Waals surface area contributed by atoms with Gasteiger partial charge < -0.3 is 15.0 Å². The van der Waals surface area contributed by atoms with E-state index in [1.807, 2.05) is 14.0 Å². The van der Waals surface area contributed by atoms with E-state index < -0.39 is 15.6 Å². The summed E-state index contributed by atoms with van der Waals surface area (Å²) in [6.45, 7) is 3.63. The number of nitrogens with one attached hydrogen (secondary N) is 2. The fraction of sp³-hybridized carbons (Fsp3) is 0.435. The summed E-state index contributed by atoms with van der Waals surface area (Å²) in [5, 5.41) is 3.09. The molecular formula is C23H27N7O4S2. The van der Waals surface area contributed by atoms with E-state index in [1.54, 1.807) is 30.7 Å². The van der Waals surface area contributed by atoms with Gasteiger partial charge in [0, 0.05) is 25.5 Å². The van der Waals surface area contributed by atoms with Gasteiger partial charge in [0.1, 0.15) is 5.69 Å². The Balaban J connectivity index is 1.38. The van der Waals surface area contributed by atoms with E-state index in [0.29, 0.717) is 60.2 Å². The smallest absolute Gasteiger partial charge is 0.281 e. The fourth-order valence-electron chi connectivity index (χ4n) is 4.21. The van der Waals surface area contributed by atoms with Crippen molar-refractivity contribution in [1.82, 2.24) is 30.2 Å². The lowest BCUT2D eigenvalue weighted by atomic mass is 9.93. The molecule has 1 atom stereocenters. The lowest BCUT2D eigenvalue weighted by Gasteiger charge is -2.30. The van der Waals surface area contributed by atoms with Crippen molar-refractivity contribution in [2.45, 2.75) is 37.0 Å². The SMILES string of the molecule is CCOc1cncc(-c2cnc(C(=O)NC3(c4cc(NS(=O)(=O)C5CC5)ccn4)CCN(C)C3)s2)n1. The van der Waals surface area contributed by atoms with Crippen LogP contribution in [0.4, 0.5) is 5.69 Å². The highest BCUT2D eigenvalue weighted by atomic mass is 32.2. The van der Waals surface area contributed by atoms with Crippen molar-refractivity contribution < 1.29 is 17.9 Å². The Morgan fingerprint density at radius 3 is 2.83 bits per heavy atom. The number of nitrogens with zero attached hydrogens (tertiary/aromatic N) is 5. The second-order valence-electron chi connectivity index (χ2n) is 9.01. The normalized spacial score (nSPS) is 20.3. The van der Waals surface area contributed by atoms with Gasteiger partial charge in [-0.3, -0.25) is 19.5 Å². The first-order valence-corrected chi connectivity index (χ1v) is 14.0. The molecule has 1 saturated carbocycles. The Kier molecular flexibility index (Phi) is 6.62. The summed E-state index contributed by atoms with van der Waals surface area (Å²) in [6.07, 6.45) is 8.28. The van der Waals surface area contributed by atoms with Crippen LogP contribution < -0.4 is 14.8 Å². The number of likely N-dealkylation sites (tertiary alicyclic amines) is 1. The molecule has 1 unspecified atom stereocenters. The van der Waals surface area contributed by atoms with E-state index in [2.05, 4.69) is 34.9 Å². The van der Waals surface area contributed by atoms with Gasteiger partial charge in [-0.25, -0.2) is 18.4 Å². The van der Waals surface area contributed by atoms with Gasteiger partial charge in [-0.05, 0) is 45.4 Å². The van der Waals surface area contributed by atoms with E-state index >= 15 is 0 Å². The summed E-state index contributed by atoms with van der Waals surface area (Å²) in [7, 11) is -1.44. The van der Waals surface area contributed by atoms with Gasteiger partial charge in [0.15, 0.2) is 5.01 Å². The molecule has 0 radical (unpaired) electrons. The molecule has 1 aliphatic heterocycles. The molecule has 5 rings (SSSR count). The molecule has 4 heterocycles. The number of sulfonamides is 1. The highest BCUT2D eigenvalue weighted by Gasteiger charge is 2.42. The van der Waals surface area contributed by atoms with E-state index in [1.165, 1.54) is 17.5 Å². The number of rotatable bonds is 9. The minimum absolute atomic E-state index is 0.285. The molecule has 0 spiro atoms. The average Bonchev–Trinajstić information content (AvgIpc) is 3.49. The summed E-state index contributed by atoms with van der Waals surface area (Å²) in [5.41, 5.74) is 0.834. The molecule has 13 heteroatoms. The van der Waals surface area contributed by atoms with Crippen LogP contribution in [0, 0.1) is 0 Å². The minimum Gasteiger partial charge on any atom is -0.477 e. The number of hydrogen-bond acceptors (Lipinski definition) is 10. The number of amides is 1. The van der Waals surface area contributed by atoms with Crippen LogP contribution in [-0.4, -0.2) is 71.2 Å². The third-order valence-electron chi connectivity index (χ3n) is 6.14. The Bertz CT molecular complexity index is 1380. The minimum atomic E-state index is -3.41. The van der Waals surface area contributed by atoms with Gasteiger partial charge in [-0.15, -0.1) is 11.3 Å². The number of hydrogen-bond donors (Lipinski definition) is 2. The first kappa shape index (κ1) is 24.5. The largest absolute Gasteiger partial charge is 0.477 e. The number of ether oxygens (including phenoxy) is 1. The van der Waals surface area contributed by atoms with E-state index in [9.17, 15) is 13.2 Å². The first-order chi connectivity index (χ1) is 17.3. The lowest BCUT2D eigenvalue weighted by Crippen LogP contribution is -2.48. The summed E-state index contributed by atoms with van der Waals surface area (Å²) < 4.78 is 32.9. The third kappa shape index (κ3) is 5.18. The Labute approximate surface area is 213 Å². The highest BCUT2D eigenvalue weighted by molar-refractivity contribution is 7.93. The zero-order chi connectivity index (χ0) is 25.3. The zero-order valence-corrected chi connectivity index (χ0v) is 21.6. The maximum Gasteiger partial charge on any atom is 0.281 e. The van der Waals surface area contributed by atoms with E-state index in [4.69, 9.17) is 4.74 Å². The number of thiazole rings is 1. The Morgan fingerprint density at radius 1 is 1.28 bits per heavy atom. The molecule has 2 aliphatic rings. The molecule has 1 amide bonds. The van der Waals surface area contributed by atoms with Crippen molar-refractivity contribution in [3.63, 3.8) is 0 Å². The zero-order valence-electron chi connectivity index (χ0n) is 20.0. The Hall–Kier alpha value is -3.16. The van der Waals surface area contributed by atoms with Crippen molar-refractivity contribution in [3.8, 4) is 16.5 Å². The number of carbonyl (C=O) groups is 1. The van der Waals surface area contributed by atoms with Gasteiger partial charge in [-0.2, -0.15) is 0 Å². The summed E-state index contributed by atoms with van der Waals surface area (Å²) in [5.74, 6) is 0.0758. The monoisotopic (exact) mass is 529 g/mol. The third-order valence-corrected chi connectivity index (χ3v) is 9.03. The van der Waals surface area contributed by atoms with E-state index in [-0.39, 0.29) is 16.2 Å².